The molecule has 4 heteroatoms. The predicted octanol–water partition coefficient (Wildman–Crippen LogP) is 2.23. The molecule has 1 aromatic carbocycles. The Kier molecular flexibility index (Phi) is 4.81. The van der Waals surface area contributed by atoms with Crippen LogP contribution >= 0.6 is 0 Å². The first-order valence-electron chi connectivity index (χ1n) is 7.81. The largest absolute Gasteiger partial charge is 0.348 e. The molecule has 1 amide bonds. The molecule has 2 N–H and O–H groups in total. The average molecular weight is 295 g/mol. The van der Waals surface area contributed by atoms with E-state index >= 15 is 0 Å². The van der Waals surface area contributed by atoms with Gasteiger partial charge in [-0.3, -0.25) is 9.78 Å². The number of benzene rings is 1. The van der Waals surface area contributed by atoms with E-state index < -0.39 is 0 Å². The van der Waals surface area contributed by atoms with Gasteiger partial charge in [0.15, 0.2) is 0 Å². The van der Waals surface area contributed by atoms with Crippen molar-refractivity contribution in [2.24, 2.45) is 0 Å². The summed E-state index contributed by atoms with van der Waals surface area (Å²) in [5.41, 5.74) is 2.09. The van der Waals surface area contributed by atoms with Crippen LogP contribution in [0.25, 0.3) is 0 Å². The first-order chi connectivity index (χ1) is 10.8. The van der Waals surface area contributed by atoms with Crippen LogP contribution in [0.1, 0.15) is 30.1 Å². The predicted molar refractivity (Wildman–Crippen MR) is 86.3 cm³/mol. The Morgan fingerprint density at radius 1 is 1.23 bits per heavy atom. The summed E-state index contributed by atoms with van der Waals surface area (Å²) in [5, 5.41) is 6.43. The van der Waals surface area contributed by atoms with Gasteiger partial charge in [0.25, 0.3) is 0 Å². The number of carbonyl (C=O) groups excluding carboxylic acids is 1. The monoisotopic (exact) mass is 295 g/mol. The maximum atomic E-state index is 12.4. The maximum absolute atomic E-state index is 12.4. The van der Waals surface area contributed by atoms with E-state index in [0.717, 1.165) is 30.6 Å². The number of rotatable bonds is 5. The molecule has 0 aliphatic carbocycles. The first-order valence-corrected chi connectivity index (χ1v) is 7.81. The lowest BCUT2D eigenvalue weighted by Gasteiger charge is -2.21. The molecular weight excluding hydrogens is 274 g/mol. The summed E-state index contributed by atoms with van der Waals surface area (Å²) in [5.74, 6) is 0.0854. The summed E-state index contributed by atoms with van der Waals surface area (Å²) in [6.45, 7) is 0.925. The molecule has 2 atom stereocenters. The molecule has 2 aromatic rings. The summed E-state index contributed by atoms with van der Waals surface area (Å²) in [6, 6.07) is 15.9. The quantitative estimate of drug-likeness (QED) is 0.889. The third-order valence-electron chi connectivity index (χ3n) is 4.03. The number of nitrogens with one attached hydrogen (secondary N) is 2. The van der Waals surface area contributed by atoms with Crippen LogP contribution in [-0.2, 0) is 11.2 Å². The minimum absolute atomic E-state index is 0.0500. The Balaban J connectivity index is 1.75. The van der Waals surface area contributed by atoms with Gasteiger partial charge in [0.2, 0.25) is 5.91 Å². The summed E-state index contributed by atoms with van der Waals surface area (Å²) >= 11 is 0. The van der Waals surface area contributed by atoms with E-state index in [1.54, 1.807) is 6.20 Å². The minimum Gasteiger partial charge on any atom is -0.348 e. The molecule has 22 heavy (non-hydrogen) atoms. The van der Waals surface area contributed by atoms with Gasteiger partial charge in [-0.25, -0.2) is 0 Å². The lowest BCUT2D eigenvalue weighted by molar-refractivity contribution is -0.123. The van der Waals surface area contributed by atoms with Crippen LogP contribution in [0.4, 0.5) is 0 Å². The van der Waals surface area contributed by atoms with Gasteiger partial charge >= 0.3 is 0 Å². The van der Waals surface area contributed by atoms with Gasteiger partial charge in [0.1, 0.15) is 0 Å². The molecule has 0 unspecified atom stereocenters. The van der Waals surface area contributed by atoms with E-state index in [1.165, 1.54) is 0 Å². The molecule has 1 saturated heterocycles. The fourth-order valence-corrected chi connectivity index (χ4v) is 2.85. The van der Waals surface area contributed by atoms with Crippen LogP contribution in [0.3, 0.4) is 0 Å². The molecule has 0 saturated carbocycles. The lowest BCUT2D eigenvalue weighted by Crippen LogP contribution is -2.42. The van der Waals surface area contributed by atoms with Gasteiger partial charge in [-0.15, -0.1) is 0 Å². The van der Waals surface area contributed by atoms with Crippen LogP contribution in [0, 0.1) is 0 Å². The van der Waals surface area contributed by atoms with Gasteiger partial charge in [0.05, 0.1) is 12.1 Å². The van der Waals surface area contributed by atoms with Crippen LogP contribution in [0.2, 0.25) is 0 Å². The molecule has 2 heterocycles. The Labute approximate surface area is 131 Å². The Morgan fingerprint density at radius 3 is 2.73 bits per heavy atom. The van der Waals surface area contributed by atoms with Crippen molar-refractivity contribution >= 4 is 5.91 Å². The summed E-state index contributed by atoms with van der Waals surface area (Å²) < 4.78 is 0. The number of carbonyl (C=O) groups is 1. The van der Waals surface area contributed by atoms with E-state index in [9.17, 15) is 4.79 Å². The summed E-state index contributed by atoms with van der Waals surface area (Å²) in [4.78, 5) is 16.8. The Hall–Kier alpha value is -2.20. The second-order valence-electron chi connectivity index (χ2n) is 5.65. The molecule has 1 aliphatic rings. The van der Waals surface area contributed by atoms with E-state index in [4.69, 9.17) is 0 Å². The number of nitrogens with zero attached hydrogens (tertiary/aromatic N) is 1. The van der Waals surface area contributed by atoms with Crippen molar-refractivity contribution in [1.82, 2.24) is 15.6 Å². The minimum atomic E-state index is -0.0602. The second kappa shape index (κ2) is 7.18. The lowest BCUT2D eigenvalue weighted by atomic mass is 10.0. The highest BCUT2D eigenvalue weighted by molar-refractivity contribution is 5.82. The number of pyridine rings is 1. The number of aromatic nitrogens is 1. The zero-order chi connectivity index (χ0) is 15.2. The highest BCUT2D eigenvalue weighted by atomic mass is 16.2. The molecule has 0 spiro atoms. The molecule has 1 aromatic heterocycles. The van der Waals surface area contributed by atoms with E-state index in [1.807, 2.05) is 36.4 Å². The van der Waals surface area contributed by atoms with Gasteiger partial charge in [-0.1, -0.05) is 36.4 Å². The third-order valence-corrected chi connectivity index (χ3v) is 4.03. The zero-order valence-corrected chi connectivity index (χ0v) is 12.5. The van der Waals surface area contributed by atoms with Gasteiger partial charge in [-0.2, -0.15) is 0 Å². The smallest absolute Gasteiger partial charge is 0.237 e. The van der Waals surface area contributed by atoms with Crippen molar-refractivity contribution in [3.63, 3.8) is 0 Å². The molecule has 1 fully saturated rings. The van der Waals surface area contributed by atoms with Crippen molar-refractivity contribution in [1.29, 1.82) is 0 Å². The SMILES string of the molecule is O=C(N[C@@H](Cc1ccccn1)c1ccccc1)[C@@H]1CCCN1. The number of hydrogen-bond acceptors (Lipinski definition) is 3. The molecule has 114 valence electrons. The molecule has 0 radical (unpaired) electrons. The first kappa shape index (κ1) is 14.7. The molecular formula is C18H21N3O. The summed E-state index contributed by atoms with van der Waals surface area (Å²) in [6.07, 6.45) is 4.46. The topological polar surface area (TPSA) is 54.0 Å². The van der Waals surface area contributed by atoms with Crippen LogP contribution in [0.15, 0.2) is 54.7 Å². The number of amides is 1. The van der Waals surface area contributed by atoms with Crippen molar-refractivity contribution in [3.05, 3.63) is 66.0 Å². The molecule has 4 nitrogen and oxygen atoms in total. The zero-order valence-electron chi connectivity index (χ0n) is 12.5. The fraction of sp³-hybridized carbons (Fsp3) is 0.333. The number of hydrogen-bond donors (Lipinski definition) is 2. The van der Waals surface area contributed by atoms with Crippen molar-refractivity contribution in [2.75, 3.05) is 6.54 Å². The highest BCUT2D eigenvalue weighted by Crippen LogP contribution is 2.18. The van der Waals surface area contributed by atoms with Crippen molar-refractivity contribution in [2.45, 2.75) is 31.3 Å². The fourth-order valence-electron chi connectivity index (χ4n) is 2.85. The van der Waals surface area contributed by atoms with E-state index in [0.29, 0.717) is 6.42 Å². The van der Waals surface area contributed by atoms with Crippen LogP contribution < -0.4 is 10.6 Å². The molecule has 3 rings (SSSR count). The van der Waals surface area contributed by atoms with Crippen molar-refractivity contribution in [3.8, 4) is 0 Å². The molecule has 1 aliphatic heterocycles. The van der Waals surface area contributed by atoms with E-state index in [2.05, 4.69) is 27.8 Å². The third kappa shape index (κ3) is 3.71. The van der Waals surface area contributed by atoms with Crippen molar-refractivity contribution < 1.29 is 4.79 Å². The van der Waals surface area contributed by atoms with Crippen LogP contribution in [0.5, 0.6) is 0 Å². The highest BCUT2D eigenvalue weighted by Gasteiger charge is 2.25. The van der Waals surface area contributed by atoms with Crippen LogP contribution in [-0.4, -0.2) is 23.5 Å². The Morgan fingerprint density at radius 2 is 2.05 bits per heavy atom. The maximum Gasteiger partial charge on any atom is 0.237 e. The second-order valence-corrected chi connectivity index (χ2v) is 5.65. The normalized spacial score (nSPS) is 18.8. The van der Waals surface area contributed by atoms with Gasteiger partial charge in [0, 0.05) is 18.3 Å². The average Bonchev–Trinajstić information content (AvgIpc) is 3.11. The summed E-state index contributed by atoms with van der Waals surface area (Å²) in [7, 11) is 0. The standard InChI is InChI=1S/C18H21N3O/c22-18(16-10-6-12-20-16)21-17(14-7-2-1-3-8-14)13-15-9-4-5-11-19-15/h1-5,7-9,11,16-17,20H,6,10,12-13H2,(H,21,22)/t16-,17-/m0/s1. The van der Waals surface area contributed by atoms with E-state index in [-0.39, 0.29) is 18.0 Å². The van der Waals surface area contributed by atoms with Gasteiger partial charge in [-0.05, 0) is 37.1 Å². The Bertz CT molecular complexity index is 594. The van der Waals surface area contributed by atoms with Gasteiger partial charge < -0.3 is 10.6 Å². The molecule has 0 bridgehead atoms.